The SMILES string of the molecule is CCn1c(SC(c2nc(C)cs2)C(F)(F)F)nnc1-c1ccco1. The van der Waals surface area contributed by atoms with E-state index < -0.39 is 11.4 Å². The van der Waals surface area contributed by atoms with Crippen molar-refractivity contribution in [3.63, 3.8) is 0 Å². The van der Waals surface area contributed by atoms with E-state index in [4.69, 9.17) is 4.42 Å². The number of aromatic nitrogens is 4. The number of rotatable bonds is 5. The zero-order chi connectivity index (χ0) is 17.3. The highest BCUT2D eigenvalue weighted by atomic mass is 32.2. The Morgan fingerprint density at radius 3 is 2.71 bits per heavy atom. The van der Waals surface area contributed by atoms with Gasteiger partial charge in [-0.25, -0.2) is 4.98 Å². The molecule has 3 aromatic heterocycles. The summed E-state index contributed by atoms with van der Waals surface area (Å²) >= 11 is 1.60. The molecule has 1 atom stereocenters. The minimum Gasteiger partial charge on any atom is -0.461 e. The van der Waals surface area contributed by atoms with E-state index in [0.717, 1.165) is 11.3 Å². The van der Waals surface area contributed by atoms with Crippen LogP contribution < -0.4 is 0 Å². The fourth-order valence-electron chi connectivity index (χ4n) is 2.10. The molecule has 0 saturated carbocycles. The molecule has 0 aliphatic rings. The summed E-state index contributed by atoms with van der Waals surface area (Å²) in [6.07, 6.45) is -2.96. The number of nitrogens with zero attached hydrogens (tertiary/aromatic N) is 4. The standard InChI is InChI=1S/C14H13F3N4OS2/c1-3-21-11(9-5-4-6-22-9)19-20-13(21)24-10(14(15,16)17)12-18-8(2)7-23-12/h4-7,10H,3H2,1-2H3. The van der Waals surface area contributed by atoms with E-state index in [1.54, 1.807) is 29.0 Å². The van der Waals surface area contributed by atoms with Crippen molar-refractivity contribution in [1.29, 1.82) is 0 Å². The largest absolute Gasteiger partial charge is 0.461 e. The van der Waals surface area contributed by atoms with Crippen LogP contribution in [0, 0.1) is 6.92 Å². The summed E-state index contributed by atoms with van der Waals surface area (Å²) in [6.45, 7) is 3.91. The molecule has 0 aliphatic carbocycles. The number of hydrogen-bond acceptors (Lipinski definition) is 6. The lowest BCUT2D eigenvalue weighted by Crippen LogP contribution is -2.18. The average molecular weight is 374 g/mol. The molecule has 1 unspecified atom stereocenters. The third kappa shape index (κ3) is 3.34. The highest BCUT2D eigenvalue weighted by molar-refractivity contribution is 7.99. The van der Waals surface area contributed by atoms with Gasteiger partial charge in [-0.3, -0.25) is 4.57 Å². The lowest BCUT2D eigenvalue weighted by atomic mass is 10.4. The van der Waals surface area contributed by atoms with Crippen molar-refractivity contribution in [3.8, 4) is 11.6 Å². The van der Waals surface area contributed by atoms with Gasteiger partial charge in [-0.2, -0.15) is 13.2 Å². The van der Waals surface area contributed by atoms with Crippen LogP contribution in [0.5, 0.6) is 0 Å². The van der Waals surface area contributed by atoms with Crippen molar-refractivity contribution in [1.82, 2.24) is 19.7 Å². The zero-order valence-corrected chi connectivity index (χ0v) is 14.4. The van der Waals surface area contributed by atoms with Crippen LogP contribution in [0.15, 0.2) is 33.3 Å². The molecule has 5 nitrogen and oxygen atoms in total. The van der Waals surface area contributed by atoms with Crippen molar-refractivity contribution in [2.45, 2.75) is 37.0 Å². The Morgan fingerprint density at radius 1 is 1.38 bits per heavy atom. The minimum atomic E-state index is -4.44. The molecule has 3 aromatic rings. The smallest absolute Gasteiger partial charge is 0.407 e. The second kappa shape index (κ2) is 6.60. The van der Waals surface area contributed by atoms with Crippen LogP contribution in [0.1, 0.15) is 22.9 Å². The van der Waals surface area contributed by atoms with Crippen LogP contribution >= 0.6 is 23.1 Å². The van der Waals surface area contributed by atoms with Crippen LogP contribution in [0.25, 0.3) is 11.6 Å². The summed E-state index contributed by atoms with van der Waals surface area (Å²) in [5, 5.41) is 7.91. The van der Waals surface area contributed by atoms with Gasteiger partial charge in [-0.15, -0.1) is 21.5 Å². The topological polar surface area (TPSA) is 56.7 Å². The fraction of sp³-hybridized carbons (Fsp3) is 0.357. The van der Waals surface area contributed by atoms with E-state index in [1.807, 2.05) is 6.92 Å². The monoisotopic (exact) mass is 374 g/mol. The molecule has 0 aliphatic heterocycles. The van der Waals surface area contributed by atoms with Gasteiger partial charge in [0.15, 0.2) is 22.0 Å². The molecular formula is C14H13F3N4OS2. The Labute approximate surface area is 143 Å². The first-order valence-corrected chi connectivity index (χ1v) is 8.78. The number of halogens is 3. The molecule has 0 fully saturated rings. The molecule has 128 valence electrons. The van der Waals surface area contributed by atoms with Gasteiger partial charge in [0.05, 0.1) is 6.26 Å². The Bertz CT molecular complexity index is 810. The summed E-state index contributed by atoms with van der Waals surface area (Å²) in [6, 6.07) is 3.38. The lowest BCUT2D eigenvalue weighted by molar-refractivity contribution is -0.129. The van der Waals surface area contributed by atoms with E-state index in [9.17, 15) is 13.2 Å². The van der Waals surface area contributed by atoms with Gasteiger partial charge >= 0.3 is 6.18 Å². The lowest BCUT2D eigenvalue weighted by Gasteiger charge is -2.17. The van der Waals surface area contributed by atoms with Gasteiger partial charge in [-0.05, 0) is 26.0 Å². The summed E-state index contributed by atoms with van der Waals surface area (Å²) < 4.78 is 47.3. The van der Waals surface area contributed by atoms with Gasteiger partial charge in [-0.1, -0.05) is 11.8 Å². The number of aryl methyl sites for hydroxylation is 1. The van der Waals surface area contributed by atoms with Crippen molar-refractivity contribution >= 4 is 23.1 Å². The van der Waals surface area contributed by atoms with Crippen LogP contribution in [0.3, 0.4) is 0 Å². The van der Waals surface area contributed by atoms with Crippen LogP contribution in [-0.4, -0.2) is 25.9 Å². The Morgan fingerprint density at radius 2 is 2.17 bits per heavy atom. The van der Waals surface area contributed by atoms with Crippen molar-refractivity contribution in [2.24, 2.45) is 0 Å². The zero-order valence-electron chi connectivity index (χ0n) is 12.7. The van der Waals surface area contributed by atoms with Crippen LogP contribution in [0.4, 0.5) is 13.2 Å². The number of thiazole rings is 1. The Balaban J connectivity index is 1.96. The molecule has 0 N–H and O–H groups in total. The fourth-order valence-corrected chi connectivity index (χ4v) is 4.14. The van der Waals surface area contributed by atoms with Crippen LogP contribution in [0.2, 0.25) is 0 Å². The van der Waals surface area contributed by atoms with Gasteiger partial charge < -0.3 is 4.42 Å². The van der Waals surface area contributed by atoms with Gasteiger partial charge in [0, 0.05) is 17.6 Å². The average Bonchev–Trinajstić information content (AvgIpc) is 3.23. The number of alkyl halides is 3. The number of thioether (sulfide) groups is 1. The van der Waals surface area contributed by atoms with Crippen LogP contribution in [-0.2, 0) is 6.54 Å². The maximum Gasteiger partial charge on any atom is 0.407 e. The number of hydrogen-bond donors (Lipinski definition) is 0. The third-order valence-corrected chi connectivity index (χ3v) is 5.57. The molecular weight excluding hydrogens is 361 g/mol. The summed E-state index contributed by atoms with van der Waals surface area (Å²) in [5.74, 6) is 0.867. The molecule has 0 amide bonds. The van der Waals surface area contributed by atoms with Gasteiger partial charge in [0.2, 0.25) is 0 Å². The molecule has 0 bridgehead atoms. The predicted octanol–water partition coefficient (Wildman–Crippen LogP) is 4.72. The van der Waals surface area contributed by atoms with Gasteiger partial charge in [0.1, 0.15) is 5.01 Å². The van der Waals surface area contributed by atoms with Crippen molar-refractivity contribution < 1.29 is 17.6 Å². The first-order chi connectivity index (χ1) is 11.4. The third-order valence-electron chi connectivity index (χ3n) is 3.16. The molecule has 0 saturated heterocycles. The summed E-state index contributed by atoms with van der Waals surface area (Å²) in [5.41, 5.74) is 0.568. The molecule has 3 heterocycles. The Hall–Kier alpha value is -1.81. The molecule has 3 rings (SSSR count). The minimum absolute atomic E-state index is 0.00945. The number of furan rings is 1. The first kappa shape index (κ1) is 17.0. The second-order valence-corrected chi connectivity index (χ2v) is 6.86. The van der Waals surface area contributed by atoms with E-state index in [1.165, 1.54) is 6.26 Å². The maximum absolute atomic E-state index is 13.5. The maximum atomic E-state index is 13.5. The highest BCUT2D eigenvalue weighted by Gasteiger charge is 2.44. The summed E-state index contributed by atoms with van der Waals surface area (Å²) in [4.78, 5) is 3.99. The second-order valence-electron chi connectivity index (χ2n) is 4.89. The molecule has 0 radical (unpaired) electrons. The molecule has 0 spiro atoms. The summed E-state index contributed by atoms with van der Waals surface area (Å²) in [7, 11) is 0. The van der Waals surface area contributed by atoms with Crippen molar-refractivity contribution in [3.05, 3.63) is 34.5 Å². The van der Waals surface area contributed by atoms with E-state index in [0.29, 0.717) is 35.6 Å². The van der Waals surface area contributed by atoms with Gasteiger partial charge in [0.25, 0.3) is 0 Å². The Kier molecular flexibility index (Phi) is 4.68. The predicted molar refractivity (Wildman–Crippen MR) is 84.9 cm³/mol. The first-order valence-electron chi connectivity index (χ1n) is 7.02. The van der Waals surface area contributed by atoms with E-state index >= 15 is 0 Å². The molecule has 24 heavy (non-hydrogen) atoms. The normalized spacial score (nSPS) is 13.4. The van der Waals surface area contributed by atoms with E-state index in [-0.39, 0.29) is 10.2 Å². The van der Waals surface area contributed by atoms with Crippen molar-refractivity contribution in [2.75, 3.05) is 0 Å². The molecule has 0 aromatic carbocycles. The van der Waals surface area contributed by atoms with E-state index in [2.05, 4.69) is 15.2 Å². The molecule has 10 heteroatoms. The quantitative estimate of drug-likeness (QED) is 0.605. The highest BCUT2D eigenvalue weighted by Crippen LogP contribution is 2.47.